The van der Waals surface area contributed by atoms with E-state index in [1.807, 2.05) is 6.20 Å². The molecule has 31 heavy (non-hydrogen) atoms. The number of nitrogens with one attached hydrogen (secondary N) is 3. The number of ether oxygens (including phenoxy) is 1. The van der Waals surface area contributed by atoms with Gasteiger partial charge in [0.05, 0.1) is 30.1 Å². The molecule has 0 radical (unpaired) electrons. The summed E-state index contributed by atoms with van der Waals surface area (Å²) in [4.78, 5) is 49.3. The highest BCUT2D eigenvalue weighted by atomic mass is 32.1. The average Bonchev–Trinajstić information content (AvgIpc) is 3.36. The Kier molecular flexibility index (Phi) is 7.77. The van der Waals surface area contributed by atoms with Gasteiger partial charge in [-0.25, -0.2) is 9.78 Å². The van der Waals surface area contributed by atoms with E-state index in [4.69, 9.17) is 4.74 Å². The number of hydrogen-bond acceptors (Lipinski definition) is 8. The van der Waals surface area contributed by atoms with Crippen LogP contribution in [-0.4, -0.2) is 83.9 Å². The summed E-state index contributed by atoms with van der Waals surface area (Å²) in [6, 6.07) is 0. The van der Waals surface area contributed by atoms with E-state index in [2.05, 4.69) is 30.4 Å². The molecule has 1 saturated heterocycles. The topological polar surface area (TPSA) is 120 Å². The Labute approximate surface area is 185 Å². The summed E-state index contributed by atoms with van der Waals surface area (Å²) in [7, 11) is 1.52. The second-order valence-electron chi connectivity index (χ2n) is 7.20. The van der Waals surface area contributed by atoms with Crippen LogP contribution < -0.4 is 10.6 Å². The van der Waals surface area contributed by atoms with Gasteiger partial charge in [0.2, 0.25) is 5.91 Å². The molecule has 0 bridgehead atoms. The lowest BCUT2D eigenvalue weighted by atomic mass is 10.1. The number of amides is 2. The van der Waals surface area contributed by atoms with E-state index >= 15 is 0 Å². The quantitative estimate of drug-likeness (QED) is 0.517. The second-order valence-corrected chi connectivity index (χ2v) is 8.22. The molecule has 2 aromatic heterocycles. The number of esters is 1. The molecule has 168 valence electrons. The van der Waals surface area contributed by atoms with Crippen molar-refractivity contribution in [3.05, 3.63) is 34.2 Å². The van der Waals surface area contributed by atoms with Gasteiger partial charge >= 0.3 is 5.97 Å². The van der Waals surface area contributed by atoms with Gasteiger partial charge in [-0.1, -0.05) is 0 Å². The molecule has 3 N–H and O–H groups in total. The van der Waals surface area contributed by atoms with Gasteiger partial charge in [-0.2, -0.15) is 0 Å². The molecule has 1 fully saturated rings. The third-order valence-electron chi connectivity index (χ3n) is 5.07. The van der Waals surface area contributed by atoms with Crippen LogP contribution in [0.15, 0.2) is 12.4 Å². The zero-order valence-corrected chi connectivity index (χ0v) is 18.8. The number of imidazole rings is 1. The molecule has 0 saturated carbocycles. The van der Waals surface area contributed by atoms with Gasteiger partial charge in [0.1, 0.15) is 10.8 Å². The summed E-state index contributed by atoms with van der Waals surface area (Å²) in [5, 5.41) is 5.72. The molecule has 0 aromatic carbocycles. The Balaban J connectivity index is 1.61. The highest BCUT2D eigenvalue weighted by Crippen LogP contribution is 2.33. The Morgan fingerprint density at radius 1 is 1.23 bits per heavy atom. The van der Waals surface area contributed by atoms with Crippen molar-refractivity contribution in [1.29, 1.82) is 0 Å². The average molecular weight is 449 g/mol. The molecule has 1 aliphatic heterocycles. The van der Waals surface area contributed by atoms with Crippen LogP contribution in [0, 0.1) is 6.92 Å². The molecule has 10 nitrogen and oxygen atoms in total. The standard InChI is InChI=1S/C20H28N6O4S/c1-4-30-20(29)16-13(2)17(18(28)21-3)31-19(16)24-15(27)12-26-9-7-25(8-10-26)11-14-22-5-6-23-14/h5-6H,4,7-12H2,1-3H3,(H,21,28)(H,22,23)(H,24,27). The number of anilines is 1. The van der Waals surface area contributed by atoms with Crippen molar-refractivity contribution in [2.75, 3.05) is 51.7 Å². The third-order valence-corrected chi connectivity index (χ3v) is 6.28. The summed E-state index contributed by atoms with van der Waals surface area (Å²) < 4.78 is 5.12. The Morgan fingerprint density at radius 3 is 2.55 bits per heavy atom. The number of carbonyl (C=O) groups is 3. The fourth-order valence-corrected chi connectivity index (χ4v) is 4.61. The molecule has 3 heterocycles. The van der Waals surface area contributed by atoms with Crippen molar-refractivity contribution < 1.29 is 19.1 Å². The number of nitrogens with zero attached hydrogens (tertiary/aromatic N) is 3. The van der Waals surface area contributed by atoms with Gasteiger partial charge in [-0.3, -0.25) is 19.4 Å². The zero-order chi connectivity index (χ0) is 22.4. The fraction of sp³-hybridized carbons (Fsp3) is 0.500. The largest absolute Gasteiger partial charge is 0.462 e. The van der Waals surface area contributed by atoms with Gasteiger partial charge in [0.25, 0.3) is 5.91 Å². The summed E-state index contributed by atoms with van der Waals surface area (Å²) in [5.74, 6) is -0.151. The van der Waals surface area contributed by atoms with Crippen molar-refractivity contribution in [3.8, 4) is 0 Å². The van der Waals surface area contributed by atoms with Crippen molar-refractivity contribution in [3.63, 3.8) is 0 Å². The summed E-state index contributed by atoms with van der Waals surface area (Å²) in [6.45, 7) is 7.75. The van der Waals surface area contributed by atoms with Crippen LogP contribution in [0.5, 0.6) is 0 Å². The van der Waals surface area contributed by atoms with Crippen molar-refractivity contribution >= 4 is 34.1 Å². The van der Waals surface area contributed by atoms with Crippen LogP contribution >= 0.6 is 11.3 Å². The van der Waals surface area contributed by atoms with Crippen LogP contribution in [0.4, 0.5) is 5.00 Å². The SMILES string of the molecule is CCOC(=O)c1c(NC(=O)CN2CCN(Cc3ncc[nH]3)CC2)sc(C(=O)NC)c1C. The number of piperazine rings is 1. The molecular formula is C20H28N6O4S. The maximum atomic E-state index is 12.7. The first-order valence-electron chi connectivity index (χ1n) is 10.2. The molecule has 1 aliphatic rings. The predicted octanol–water partition coefficient (Wildman–Crippen LogP) is 1.07. The van der Waals surface area contributed by atoms with Gasteiger partial charge in [0, 0.05) is 45.6 Å². The minimum atomic E-state index is -0.548. The number of thiophene rings is 1. The molecule has 11 heteroatoms. The van der Waals surface area contributed by atoms with Crippen LogP contribution in [0.25, 0.3) is 0 Å². The number of carbonyl (C=O) groups excluding carboxylic acids is 3. The summed E-state index contributed by atoms with van der Waals surface area (Å²) in [6.07, 6.45) is 3.55. The third kappa shape index (κ3) is 5.69. The lowest BCUT2D eigenvalue weighted by Gasteiger charge is -2.33. The van der Waals surface area contributed by atoms with E-state index in [1.165, 1.54) is 7.05 Å². The number of aromatic nitrogens is 2. The Morgan fingerprint density at radius 2 is 1.94 bits per heavy atom. The number of rotatable bonds is 8. The molecule has 0 spiro atoms. The zero-order valence-electron chi connectivity index (χ0n) is 18.0. The number of H-pyrrole nitrogens is 1. The first kappa shape index (κ1) is 22.9. The molecule has 2 aromatic rings. The highest BCUT2D eigenvalue weighted by Gasteiger charge is 2.27. The lowest BCUT2D eigenvalue weighted by Crippen LogP contribution is -2.48. The number of hydrogen-bond donors (Lipinski definition) is 3. The van der Waals surface area contributed by atoms with E-state index in [-0.39, 0.29) is 30.5 Å². The minimum Gasteiger partial charge on any atom is -0.462 e. The van der Waals surface area contributed by atoms with E-state index < -0.39 is 5.97 Å². The predicted molar refractivity (Wildman–Crippen MR) is 117 cm³/mol. The molecule has 0 unspecified atom stereocenters. The van der Waals surface area contributed by atoms with Crippen molar-refractivity contribution in [1.82, 2.24) is 25.1 Å². The molecule has 3 rings (SSSR count). The first-order valence-corrected chi connectivity index (χ1v) is 11.0. The van der Waals surface area contributed by atoms with Crippen LogP contribution in [0.3, 0.4) is 0 Å². The first-order chi connectivity index (χ1) is 14.9. The van der Waals surface area contributed by atoms with Crippen molar-refractivity contribution in [2.45, 2.75) is 20.4 Å². The van der Waals surface area contributed by atoms with Gasteiger partial charge < -0.3 is 20.4 Å². The Bertz CT molecular complexity index is 919. The summed E-state index contributed by atoms with van der Waals surface area (Å²) >= 11 is 1.08. The minimum absolute atomic E-state index is 0.207. The molecule has 2 amide bonds. The Hall–Kier alpha value is -2.76. The van der Waals surface area contributed by atoms with E-state index in [9.17, 15) is 14.4 Å². The van der Waals surface area contributed by atoms with E-state index in [0.29, 0.717) is 15.4 Å². The molecule has 0 atom stereocenters. The molecule has 0 aliphatic carbocycles. The second kappa shape index (κ2) is 10.5. The fourth-order valence-electron chi connectivity index (χ4n) is 3.45. The smallest absolute Gasteiger partial charge is 0.341 e. The van der Waals surface area contributed by atoms with Crippen LogP contribution in [0.1, 0.15) is 38.3 Å². The van der Waals surface area contributed by atoms with E-state index in [1.54, 1.807) is 20.0 Å². The maximum Gasteiger partial charge on any atom is 0.341 e. The van der Waals surface area contributed by atoms with Crippen molar-refractivity contribution in [2.24, 2.45) is 0 Å². The van der Waals surface area contributed by atoms with Gasteiger partial charge in [0.15, 0.2) is 0 Å². The normalized spacial score (nSPS) is 14.9. The van der Waals surface area contributed by atoms with Crippen LogP contribution in [0.2, 0.25) is 0 Å². The van der Waals surface area contributed by atoms with Gasteiger partial charge in [-0.15, -0.1) is 11.3 Å². The monoisotopic (exact) mass is 448 g/mol. The van der Waals surface area contributed by atoms with E-state index in [0.717, 1.165) is 49.9 Å². The highest BCUT2D eigenvalue weighted by molar-refractivity contribution is 7.18. The number of aromatic amines is 1. The maximum absolute atomic E-state index is 12.7. The van der Waals surface area contributed by atoms with Gasteiger partial charge in [-0.05, 0) is 19.4 Å². The lowest BCUT2D eigenvalue weighted by molar-refractivity contribution is -0.117. The molecular weight excluding hydrogens is 420 g/mol. The van der Waals surface area contributed by atoms with Crippen LogP contribution in [-0.2, 0) is 16.1 Å². The summed E-state index contributed by atoms with van der Waals surface area (Å²) in [5.41, 5.74) is 0.742.